The Bertz CT molecular complexity index is 826. The first kappa shape index (κ1) is 13.1. The van der Waals surface area contributed by atoms with E-state index in [1.807, 2.05) is 22.9 Å². The fourth-order valence-electron chi connectivity index (χ4n) is 2.90. The number of halogens is 1. The van der Waals surface area contributed by atoms with Crippen molar-refractivity contribution in [1.29, 1.82) is 5.26 Å². The van der Waals surface area contributed by atoms with E-state index >= 15 is 0 Å². The van der Waals surface area contributed by atoms with Crippen molar-refractivity contribution in [3.8, 4) is 6.07 Å². The summed E-state index contributed by atoms with van der Waals surface area (Å²) in [6.07, 6.45) is 4.21. The maximum atomic E-state index is 12.5. The molecule has 1 aromatic carbocycles. The fraction of sp³-hybridized carbons (Fsp3) is 0.375. The Morgan fingerprint density at radius 3 is 2.67 bits per heavy atom. The van der Waals surface area contributed by atoms with Crippen molar-refractivity contribution in [3.05, 3.63) is 38.3 Å². The maximum absolute atomic E-state index is 12.5. The normalized spacial score (nSPS) is 18.6. The van der Waals surface area contributed by atoms with Crippen molar-refractivity contribution >= 4 is 39.1 Å². The molecule has 0 amide bonds. The van der Waals surface area contributed by atoms with Crippen LogP contribution in [0.4, 0.5) is 5.69 Å². The molecule has 2 aliphatic rings. The first-order valence-electron chi connectivity index (χ1n) is 7.16. The monoisotopic (exact) mass is 391 g/mol. The molecular weight excluding hydrogens is 377 g/mol. The SMILES string of the molecule is N#CC1CN(c2ccc3c(=O)n(C4CC4)cc(I)c3c2)C1. The molecule has 2 fully saturated rings. The smallest absolute Gasteiger partial charge is 0.258 e. The minimum atomic E-state index is 0.123. The minimum absolute atomic E-state index is 0.123. The van der Waals surface area contributed by atoms with Crippen LogP contribution in [0.25, 0.3) is 10.8 Å². The maximum Gasteiger partial charge on any atom is 0.258 e. The lowest BCUT2D eigenvalue weighted by Crippen LogP contribution is -2.46. The molecule has 0 radical (unpaired) electrons. The van der Waals surface area contributed by atoms with Crippen molar-refractivity contribution in [2.75, 3.05) is 18.0 Å². The molecule has 5 heteroatoms. The van der Waals surface area contributed by atoms with Gasteiger partial charge in [-0.15, -0.1) is 0 Å². The average molecular weight is 391 g/mol. The Morgan fingerprint density at radius 2 is 2.00 bits per heavy atom. The molecule has 4 nitrogen and oxygen atoms in total. The molecule has 0 unspecified atom stereocenters. The van der Waals surface area contributed by atoms with E-state index in [0.717, 1.165) is 46.0 Å². The first-order valence-corrected chi connectivity index (χ1v) is 8.24. The van der Waals surface area contributed by atoms with Crippen molar-refractivity contribution in [1.82, 2.24) is 4.57 Å². The van der Waals surface area contributed by atoms with Gasteiger partial charge in [0.25, 0.3) is 5.56 Å². The number of pyridine rings is 1. The zero-order valence-electron chi connectivity index (χ0n) is 11.4. The molecule has 1 aliphatic carbocycles. The lowest BCUT2D eigenvalue weighted by atomic mass is 10.0. The fourth-order valence-corrected chi connectivity index (χ4v) is 3.64. The van der Waals surface area contributed by atoms with E-state index in [1.54, 1.807) is 0 Å². The lowest BCUT2D eigenvalue weighted by Gasteiger charge is -2.37. The third-order valence-electron chi connectivity index (χ3n) is 4.35. The number of anilines is 1. The number of nitriles is 1. The molecule has 1 aromatic heterocycles. The van der Waals surface area contributed by atoms with Crippen molar-refractivity contribution in [3.63, 3.8) is 0 Å². The third kappa shape index (κ3) is 2.13. The number of hydrogen-bond acceptors (Lipinski definition) is 3. The van der Waals surface area contributed by atoms with Crippen molar-refractivity contribution < 1.29 is 0 Å². The second-order valence-electron chi connectivity index (χ2n) is 5.88. The van der Waals surface area contributed by atoms with Crippen LogP contribution in [0.1, 0.15) is 18.9 Å². The van der Waals surface area contributed by atoms with Gasteiger partial charge in [0.05, 0.1) is 12.0 Å². The van der Waals surface area contributed by atoms with Gasteiger partial charge in [0.15, 0.2) is 0 Å². The Hall–Kier alpha value is -1.55. The summed E-state index contributed by atoms with van der Waals surface area (Å²) in [6, 6.07) is 8.72. The molecule has 1 saturated carbocycles. The van der Waals surface area contributed by atoms with Gasteiger partial charge in [-0.05, 0) is 53.6 Å². The Balaban J connectivity index is 1.78. The summed E-state index contributed by atoms with van der Waals surface area (Å²) in [4.78, 5) is 14.7. The number of nitrogens with zero attached hydrogens (tertiary/aromatic N) is 3. The third-order valence-corrected chi connectivity index (χ3v) is 5.21. The lowest BCUT2D eigenvalue weighted by molar-refractivity contribution is 0.505. The summed E-state index contributed by atoms with van der Waals surface area (Å²) >= 11 is 2.31. The molecule has 0 spiro atoms. The van der Waals surface area contributed by atoms with Crippen LogP contribution in [-0.4, -0.2) is 17.7 Å². The molecule has 0 atom stereocenters. The summed E-state index contributed by atoms with van der Waals surface area (Å²) in [5, 5.41) is 10.7. The number of fused-ring (bicyclic) bond motifs is 1. The molecule has 106 valence electrons. The first-order chi connectivity index (χ1) is 10.2. The van der Waals surface area contributed by atoms with Gasteiger partial charge >= 0.3 is 0 Å². The van der Waals surface area contributed by atoms with Crippen molar-refractivity contribution in [2.24, 2.45) is 5.92 Å². The van der Waals surface area contributed by atoms with Crippen LogP contribution in [0.3, 0.4) is 0 Å². The molecule has 4 rings (SSSR count). The largest absolute Gasteiger partial charge is 0.369 e. The van der Waals surface area contributed by atoms with E-state index in [2.05, 4.69) is 39.6 Å². The highest BCUT2D eigenvalue weighted by Crippen LogP contribution is 2.35. The predicted octanol–water partition coefficient (Wildman–Crippen LogP) is 2.90. The molecule has 1 aliphatic heterocycles. The van der Waals surface area contributed by atoms with Crippen LogP contribution in [0.5, 0.6) is 0 Å². The minimum Gasteiger partial charge on any atom is -0.369 e. The summed E-state index contributed by atoms with van der Waals surface area (Å²) in [7, 11) is 0. The second-order valence-corrected chi connectivity index (χ2v) is 7.04. The number of aromatic nitrogens is 1. The number of rotatable bonds is 2. The van der Waals surface area contributed by atoms with E-state index in [0.29, 0.717) is 6.04 Å². The molecular formula is C16H14IN3O. The highest BCUT2D eigenvalue weighted by atomic mass is 127. The van der Waals surface area contributed by atoms with Crippen LogP contribution in [0.15, 0.2) is 29.2 Å². The Morgan fingerprint density at radius 1 is 1.24 bits per heavy atom. The van der Waals surface area contributed by atoms with Crippen LogP contribution in [-0.2, 0) is 0 Å². The molecule has 1 saturated heterocycles. The highest BCUT2D eigenvalue weighted by Gasteiger charge is 2.28. The Kier molecular flexibility index (Phi) is 2.96. The molecule has 2 heterocycles. The zero-order valence-corrected chi connectivity index (χ0v) is 13.6. The van der Waals surface area contributed by atoms with Crippen LogP contribution >= 0.6 is 22.6 Å². The van der Waals surface area contributed by atoms with Gasteiger partial charge in [0.1, 0.15) is 0 Å². The molecule has 21 heavy (non-hydrogen) atoms. The van der Waals surface area contributed by atoms with Gasteiger partial charge in [-0.25, -0.2) is 0 Å². The van der Waals surface area contributed by atoms with E-state index < -0.39 is 0 Å². The quantitative estimate of drug-likeness (QED) is 0.740. The molecule has 2 aromatic rings. The summed E-state index contributed by atoms with van der Waals surface area (Å²) in [5.74, 6) is 0.141. The van der Waals surface area contributed by atoms with E-state index in [-0.39, 0.29) is 11.5 Å². The van der Waals surface area contributed by atoms with Gasteiger partial charge in [-0.1, -0.05) is 0 Å². The summed E-state index contributed by atoms with van der Waals surface area (Å²) in [6.45, 7) is 1.58. The van der Waals surface area contributed by atoms with E-state index in [4.69, 9.17) is 5.26 Å². The second kappa shape index (κ2) is 4.73. The topological polar surface area (TPSA) is 49.0 Å². The van der Waals surface area contributed by atoms with Crippen LogP contribution in [0, 0.1) is 20.8 Å². The van der Waals surface area contributed by atoms with Gasteiger partial charge in [-0.3, -0.25) is 4.79 Å². The van der Waals surface area contributed by atoms with Gasteiger partial charge in [-0.2, -0.15) is 5.26 Å². The van der Waals surface area contributed by atoms with Crippen LogP contribution < -0.4 is 10.5 Å². The van der Waals surface area contributed by atoms with Crippen molar-refractivity contribution in [2.45, 2.75) is 18.9 Å². The average Bonchev–Trinajstić information content (AvgIpc) is 3.26. The van der Waals surface area contributed by atoms with E-state index in [9.17, 15) is 4.79 Å². The van der Waals surface area contributed by atoms with Gasteiger partial charge < -0.3 is 9.47 Å². The van der Waals surface area contributed by atoms with Gasteiger partial charge in [0, 0.05) is 45.4 Å². The number of benzene rings is 1. The zero-order chi connectivity index (χ0) is 14.6. The van der Waals surface area contributed by atoms with E-state index in [1.165, 1.54) is 0 Å². The molecule has 0 bridgehead atoms. The standard InChI is InChI=1S/C16H14IN3O/c17-15-9-20(11-1-2-11)16(21)13-4-3-12(5-14(13)15)19-7-10(6-18)8-19/h3-5,9-11H,1-2,7-8H2. The van der Waals surface area contributed by atoms with Gasteiger partial charge in [0.2, 0.25) is 0 Å². The number of hydrogen-bond donors (Lipinski definition) is 0. The summed E-state index contributed by atoms with van der Waals surface area (Å²) < 4.78 is 3.01. The summed E-state index contributed by atoms with van der Waals surface area (Å²) in [5.41, 5.74) is 1.23. The molecule has 0 N–H and O–H groups in total. The highest BCUT2D eigenvalue weighted by molar-refractivity contribution is 14.1. The Labute approximate surface area is 136 Å². The van der Waals surface area contributed by atoms with Crippen LogP contribution in [0.2, 0.25) is 0 Å². The predicted molar refractivity (Wildman–Crippen MR) is 90.5 cm³/mol.